The highest BCUT2D eigenvalue weighted by Crippen LogP contribution is 2.04. The van der Waals surface area contributed by atoms with E-state index in [1.165, 1.54) is 19.4 Å². The number of nitrogens with two attached hydrogens (primary N) is 1. The molecule has 1 aromatic heterocycles. The molecule has 7 N–H and O–H groups in total. The van der Waals surface area contributed by atoms with E-state index in [1.54, 1.807) is 0 Å². The maximum atomic E-state index is 12.7. The Balaban J connectivity index is 2.86. The molecule has 1 aromatic rings. The minimum Gasteiger partial charge on any atom is -0.480 e. The Hall–Kier alpha value is -2.60. The van der Waals surface area contributed by atoms with E-state index < -0.39 is 47.9 Å². The number of thiol groups is 1. The number of hydrogen-bond acceptors (Lipinski definition) is 7. The van der Waals surface area contributed by atoms with Crippen molar-refractivity contribution in [1.29, 1.82) is 0 Å². The number of carboxylic acid groups (broad SMARTS) is 1. The van der Waals surface area contributed by atoms with Gasteiger partial charge in [-0.1, -0.05) is 13.8 Å². The molecule has 4 atom stereocenters. The van der Waals surface area contributed by atoms with E-state index in [1.807, 2.05) is 13.8 Å². The van der Waals surface area contributed by atoms with Crippen LogP contribution in [0.4, 0.5) is 0 Å². The Morgan fingerprint density at radius 1 is 1.10 bits per heavy atom. The fraction of sp³-hybridized carbons (Fsp3) is 0.611. The molecule has 0 bridgehead atoms. The van der Waals surface area contributed by atoms with Gasteiger partial charge in [0.05, 0.1) is 12.4 Å². The molecule has 0 aliphatic rings. The number of rotatable bonds is 12. The lowest BCUT2D eigenvalue weighted by atomic mass is 10.0. The lowest BCUT2D eigenvalue weighted by Gasteiger charge is -2.24. The van der Waals surface area contributed by atoms with Crippen molar-refractivity contribution in [3.63, 3.8) is 0 Å². The van der Waals surface area contributed by atoms with Crippen molar-refractivity contribution in [3.05, 3.63) is 18.2 Å². The summed E-state index contributed by atoms with van der Waals surface area (Å²) in [6.45, 7) is 5.15. The van der Waals surface area contributed by atoms with Crippen LogP contribution in [-0.4, -0.2) is 68.7 Å². The summed E-state index contributed by atoms with van der Waals surface area (Å²) in [4.78, 5) is 55.2. The highest BCUT2D eigenvalue weighted by atomic mass is 32.1. The SMILES string of the molecule is CC(C)CC(N)C(=O)NC(CS)C(=O)NC(Cc1cnc[nH]1)C(=O)NC(C)C(=O)O. The molecule has 0 aromatic carbocycles. The Morgan fingerprint density at radius 3 is 2.20 bits per heavy atom. The number of carboxylic acids is 1. The first-order chi connectivity index (χ1) is 14.0. The third-order valence-electron chi connectivity index (χ3n) is 4.22. The number of imidazole rings is 1. The number of carbonyl (C=O) groups excluding carboxylic acids is 3. The standard InChI is InChI=1S/C18H30N6O5S/c1-9(2)4-12(19)15(25)24-14(7-30)17(27)23-13(5-11-6-20-8-21-11)16(26)22-10(3)18(28)29/h6,8-10,12-14,30H,4-5,7,19H2,1-3H3,(H,20,21)(H,22,26)(H,23,27)(H,24,25)(H,28,29). The number of aromatic amines is 1. The van der Waals surface area contributed by atoms with Crippen LogP contribution >= 0.6 is 12.6 Å². The average Bonchev–Trinajstić information content (AvgIpc) is 3.17. The largest absolute Gasteiger partial charge is 0.480 e. The minimum absolute atomic E-state index is 0.0180. The predicted molar refractivity (Wildman–Crippen MR) is 113 cm³/mol. The molecule has 0 aliphatic heterocycles. The number of hydrogen-bond donors (Lipinski definition) is 7. The van der Waals surface area contributed by atoms with Crippen molar-refractivity contribution in [2.45, 2.75) is 57.8 Å². The van der Waals surface area contributed by atoms with Gasteiger partial charge in [-0.05, 0) is 19.3 Å². The first kappa shape index (κ1) is 25.4. The topological polar surface area (TPSA) is 179 Å². The highest BCUT2D eigenvalue weighted by molar-refractivity contribution is 7.80. The minimum atomic E-state index is -1.21. The summed E-state index contributed by atoms with van der Waals surface area (Å²) in [5, 5.41) is 16.4. The van der Waals surface area contributed by atoms with Crippen LogP contribution in [0, 0.1) is 5.92 Å². The zero-order valence-electron chi connectivity index (χ0n) is 17.2. The third-order valence-corrected chi connectivity index (χ3v) is 4.58. The molecule has 0 radical (unpaired) electrons. The Morgan fingerprint density at radius 2 is 1.70 bits per heavy atom. The van der Waals surface area contributed by atoms with Gasteiger partial charge in [-0.25, -0.2) is 4.98 Å². The van der Waals surface area contributed by atoms with Crippen LogP contribution in [0.5, 0.6) is 0 Å². The zero-order valence-corrected chi connectivity index (χ0v) is 18.1. The summed E-state index contributed by atoms with van der Waals surface area (Å²) in [7, 11) is 0. The van der Waals surface area contributed by atoms with Gasteiger partial charge in [-0.3, -0.25) is 19.2 Å². The number of nitrogens with zero attached hydrogens (tertiary/aromatic N) is 1. The van der Waals surface area contributed by atoms with Crippen LogP contribution in [0.2, 0.25) is 0 Å². The normalized spacial score (nSPS) is 15.0. The second-order valence-electron chi connectivity index (χ2n) is 7.39. The molecule has 0 saturated heterocycles. The van der Waals surface area contributed by atoms with Crippen molar-refractivity contribution >= 4 is 36.3 Å². The molecule has 0 aliphatic carbocycles. The summed E-state index contributed by atoms with van der Waals surface area (Å²) in [5.41, 5.74) is 6.40. The number of nitrogens with one attached hydrogen (secondary N) is 4. The predicted octanol–water partition coefficient (Wildman–Crippen LogP) is -1.19. The fourth-order valence-electron chi connectivity index (χ4n) is 2.56. The first-order valence-electron chi connectivity index (χ1n) is 9.52. The van der Waals surface area contributed by atoms with Crippen LogP contribution in [0.1, 0.15) is 32.9 Å². The molecule has 11 nitrogen and oxygen atoms in total. The van der Waals surface area contributed by atoms with Gasteiger partial charge in [-0.15, -0.1) is 0 Å². The van der Waals surface area contributed by atoms with E-state index in [-0.39, 0.29) is 18.1 Å². The highest BCUT2D eigenvalue weighted by Gasteiger charge is 2.29. The van der Waals surface area contributed by atoms with Gasteiger partial charge in [0, 0.05) is 24.1 Å². The number of carbonyl (C=O) groups is 4. The molecule has 1 rings (SSSR count). The monoisotopic (exact) mass is 442 g/mol. The van der Waals surface area contributed by atoms with Crippen LogP contribution < -0.4 is 21.7 Å². The molecular formula is C18H30N6O5S. The lowest BCUT2D eigenvalue weighted by molar-refractivity contribution is -0.141. The van der Waals surface area contributed by atoms with Crippen molar-refractivity contribution in [2.75, 3.05) is 5.75 Å². The molecule has 4 unspecified atom stereocenters. The van der Waals surface area contributed by atoms with Crippen LogP contribution in [0.25, 0.3) is 0 Å². The van der Waals surface area contributed by atoms with Crippen LogP contribution in [0.3, 0.4) is 0 Å². The average molecular weight is 443 g/mol. The molecule has 0 spiro atoms. The van der Waals surface area contributed by atoms with E-state index >= 15 is 0 Å². The van der Waals surface area contributed by atoms with Crippen LogP contribution in [-0.2, 0) is 25.6 Å². The molecule has 0 saturated carbocycles. The van der Waals surface area contributed by atoms with Gasteiger partial charge in [0.1, 0.15) is 18.1 Å². The molecular weight excluding hydrogens is 412 g/mol. The lowest BCUT2D eigenvalue weighted by Crippen LogP contribution is -2.58. The summed E-state index contributed by atoms with van der Waals surface area (Å²) < 4.78 is 0. The van der Waals surface area contributed by atoms with Crippen molar-refractivity contribution in [2.24, 2.45) is 11.7 Å². The quantitative estimate of drug-likeness (QED) is 0.199. The van der Waals surface area contributed by atoms with Crippen molar-refractivity contribution < 1.29 is 24.3 Å². The Labute approximate surface area is 180 Å². The second-order valence-corrected chi connectivity index (χ2v) is 7.76. The summed E-state index contributed by atoms with van der Waals surface area (Å²) in [6.07, 6.45) is 3.39. The number of amides is 3. The summed E-state index contributed by atoms with van der Waals surface area (Å²) in [5.74, 6) is -2.85. The van der Waals surface area contributed by atoms with Crippen molar-refractivity contribution in [1.82, 2.24) is 25.9 Å². The zero-order chi connectivity index (χ0) is 22.8. The van der Waals surface area contributed by atoms with Gasteiger partial charge in [0.25, 0.3) is 0 Å². The second kappa shape index (κ2) is 12.2. The van der Waals surface area contributed by atoms with E-state index in [4.69, 9.17) is 10.8 Å². The maximum absolute atomic E-state index is 12.7. The van der Waals surface area contributed by atoms with Crippen LogP contribution in [0.15, 0.2) is 12.5 Å². The van der Waals surface area contributed by atoms with E-state index in [2.05, 4.69) is 38.5 Å². The first-order valence-corrected chi connectivity index (χ1v) is 10.2. The number of H-pyrrole nitrogens is 1. The maximum Gasteiger partial charge on any atom is 0.325 e. The van der Waals surface area contributed by atoms with Gasteiger partial charge >= 0.3 is 5.97 Å². The van der Waals surface area contributed by atoms with E-state index in [0.717, 1.165) is 0 Å². The smallest absolute Gasteiger partial charge is 0.325 e. The summed E-state index contributed by atoms with van der Waals surface area (Å²) in [6, 6.07) is -4.04. The number of aromatic nitrogens is 2. The Bertz CT molecular complexity index is 727. The van der Waals surface area contributed by atoms with Gasteiger partial charge in [-0.2, -0.15) is 12.6 Å². The molecule has 0 fully saturated rings. The van der Waals surface area contributed by atoms with Gasteiger partial charge < -0.3 is 31.8 Å². The van der Waals surface area contributed by atoms with E-state index in [9.17, 15) is 19.2 Å². The molecule has 3 amide bonds. The van der Waals surface area contributed by atoms with Crippen molar-refractivity contribution in [3.8, 4) is 0 Å². The molecule has 30 heavy (non-hydrogen) atoms. The van der Waals surface area contributed by atoms with E-state index in [0.29, 0.717) is 12.1 Å². The van der Waals surface area contributed by atoms with Gasteiger partial charge in [0.2, 0.25) is 17.7 Å². The molecule has 168 valence electrons. The fourth-order valence-corrected chi connectivity index (χ4v) is 2.82. The number of aliphatic carboxylic acids is 1. The third kappa shape index (κ3) is 8.41. The molecule has 12 heteroatoms. The summed E-state index contributed by atoms with van der Waals surface area (Å²) >= 11 is 4.10. The van der Waals surface area contributed by atoms with Gasteiger partial charge in [0.15, 0.2) is 0 Å². The molecule has 1 heterocycles. The Kier molecular flexibility index (Phi) is 10.3.